The second kappa shape index (κ2) is 6.63. The molecule has 0 aromatic heterocycles. The predicted octanol–water partition coefficient (Wildman–Crippen LogP) is 0.624. The fourth-order valence-electron chi connectivity index (χ4n) is 3.63. The van der Waals surface area contributed by atoms with Crippen LogP contribution in [0.15, 0.2) is 35.1 Å². The number of rotatable bonds is 3. The number of nitrogens with zero attached hydrogens (tertiary/aromatic N) is 2. The number of hydrogen-bond donors (Lipinski definition) is 1. The molecule has 0 bridgehead atoms. The van der Waals surface area contributed by atoms with Gasteiger partial charge in [-0.1, -0.05) is 18.2 Å². The average Bonchev–Trinajstić information content (AvgIpc) is 2.92. The molecule has 3 aliphatic rings. The second-order valence-corrected chi connectivity index (χ2v) is 6.60. The third kappa shape index (κ3) is 2.88. The normalized spacial score (nSPS) is 26.5. The standard InChI is InChI=1S/C18H23N3O3/c1-12-5-3-4-6-14-15(9-19-16(12)14)17(23)18(24)21-8-7-20(11-22)10-13(21)2/h3,5-6,11,13,15,19H,4,7-10H2,1-2H3/t13-,15?/m1/s1. The van der Waals surface area contributed by atoms with Gasteiger partial charge in [-0.25, -0.2) is 0 Å². The monoisotopic (exact) mass is 329 g/mol. The van der Waals surface area contributed by atoms with Gasteiger partial charge in [0.05, 0.1) is 5.92 Å². The van der Waals surface area contributed by atoms with E-state index in [-0.39, 0.29) is 11.8 Å². The Morgan fingerprint density at radius 3 is 2.83 bits per heavy atom. The van der Waals surface area contributed by atoms with Gasteiger partial charge < -0.3 is 15.1 Å². The van der Waals surface area contributed by atoms with Crippen LogP contribution in [0.5, 0.6) is 0 Å². The molecule has 24 heavy (non-hydrogen) atoms. The van der Waals surface area contributed by atoms with E-state index in [0.717, 1.165) is 29.7 Å². The molecular formula is C18H23N3O3. The van der Waals surface area contributed by atoms with E-state index in [2.05, 4.69) is 11.4 Å². The number of carbonyl (C=O) groups excluding carboxylic acids is 3. The van der Waals surface area contributed by atoms with E-state index < -0.39 is 11.8 Å². The van der Waals surface area contributed by atoms with Crippen LogP contribution in [0, 0.1) is 5.92 Å². The molecule has 0 radical (unpaired) electrons. The smallest absolute Gasteiger partial charge is 0.291 e. The molecule has 2 aliphatic heterocycles. The van der Waals surface area contributed by atoms with Crippen molar-refractivity contribution in [2.75, 3.05) is 26.2 Å². The molecule has 1 unspecified atom stereocenters. The minimum Gasteiger partial charge on any atom is -0.384 e. The number of amides is 2. The van der Waals surface area contributed by atoms with Gasteiger partial charge in [0.25, 0.3) is 5.91 Å². The molecule has 2 atom stereocenters. The summed E-state index contributed by atoms with van der Waals surface area (Å²) in [6.07, 6.45) is 7.70. The maximum atomic E-state index is 12.8. The van der Waals surface area contributed by atoms with Gasteiger partial charge in [-0.2, -0.15) is 0 Å². The van der Waals surface area contributed by atoms with E-state index in [1.165, 1.54) is 0 Å². The average molecular weight is 329 g/mol. The van der Waals surface area contributed by atoms with Gasteiger partial charge in [0.15, 0.2) is 0 Å². The highest BCUT2D eigenvalue weighted by molar-refractivity contribution is 6.37. The Balaban J connectivity index is 1.75. The van der Waals surface area contributed by atoms with E-state index in [4.69, 9.17) is 0 Å². The third-order valence-electron chi connectivity index (χ3n) is 4.98. The molecule has 1 aliphatic carbocycles. The van der Waals surface area contributed by atoms with Crippen LogP contribution < -0.4 is 5.32 Å². The molecule has 2 amide bonds. The van der Waals surface area contributed by atoms with Gasteiger partial charge in [0, 0.05) is 37.9 Å². The topological polar surface area (TPSA) is 69.7 Å². The van der Waals surface area contributed by atoms with E-state index in [1.54, 1.807) is 9.80 Å². The first kappa shape index (κ1) is 16.5. The van der Waals surface area contributed by atoms with Crippen molar-refractivity contribution < 1.29 is 14.4 Å². The van der Waals surface area contributed by atoms with Crippen molar-refractivity contribution in [3.8, 4) is 0 Å². The first-order chi connectivity index (χ1) is 11.5. The number of ketones is 1. The minimum atomic E-state index is -0.433. The molecule has 6 heteroatoms. The lowest BCUT2D eigenvalue weighted by molar-refractivity contribution is -0.149. The van der Waals surface area contributed by atoms with Gasteiger partial charge in [0.1, 0.15) is 0 Å². The van der Waals surface area contributed by atoms with Crippen molar-refractivity contribution in [2.24, 2.45) is 5.92 Å². The number of Topliss-reactive ketones (excluding diaryl/α,β-unsaturated/α-hetero) is 1. The summed E-state index contributed by atoms with van der Waals surface area (Å²) in [4.78, 5) is 39.6. The summed E-state index contributed by atoms with van der Waals surface area (Å²) in [7, 11) is 0. The van der Waals surface area contributed by atoms with Crippen LogP contribution in [-0.2, 0) is 14.4 Å². The highest BCUT2D eigenvalue weighted by atomic mass is 16.2. The Morgan fingerprint density at radius 2 is 2.12 bits per heavy atom. The van der Waals surface area contributed by atoms with Crippen molar-refractivity contribution in [1.29, 1.82) is 0 Å². The lowest BCUT2D eigenvalue weighted by Crippen LogP contribution is -2.56. The van der Waals surface area contributed by atoms with Gasteiger partial charge in [-0.15, -0.1) is 0 Å². The highest BCUT2D eigenvalue weighted by Crippen LogP contribution is 2.31. The zero-order valence-corrected chi connectivity index (χ0v) is 14.1. The van der Waals surface area contributed by atoms with Crippen LogP contribution in [0.25, 0.3) is 0 Å². The second-order valence-electron chi connectivity index (χ2n) is 6.60. The quantitative estimate of drug-likeness (QED) is 0.609. The zero-order valence-electron chi connectivity index (χ0n) is 14.1. The van der Waals surface area contributed by atoms with Crippen molar-refractivity contribution in [1.82, 2.24) is 15.1 Å². The summed E-state index contributed by atoms with van der Waals surface area (Å²) in [5.74, 6) is -1.21. The van der Waals surface area contributed by atoms with Gasteiger partial charge in [-0.3, -0.25) is 14.4 Å². The van der Waals surface area contributed by atoms with Crippen LogP contribution in [0.1, 0.15) is 20.3 Å². The third-order valence-corrected chi connectivity index (χ3v) is 4.98. The Hall–Kier alpha value is -2.37. The van der Waals surface area contributed by atoms with Crippen LogP contribution in [-0.4, -0.2) is 60.1 Å². The molecule has 2 fully saturated rings. The minimum absolute atomic E-state index is 0.142. The highest BCUT2D eigenvalue weighted by Gasteiger charge is 2.39. The van der Waals surface area contributed by atoms with Crippen LogP contribution in [0.2, 0.25) is 0 Å². The zero-order chi connectivity index (χ0) is 17.3. The lowest BCUT2D eigenvalue weighted by Gasteiger charge is -2.38. The van der Waals surface area contributed by atoms with Crippen LogP contribution in [0.4, 0.5) is 0 Å². The summed E-state index contributed by atoms with van der Waals surface area (Å²) in [6, 6.07) is -0.142. The largest absolute Gasteiger partial charge is 0.384 e. The number of hydrogen-bond acceptors (Lipinski definition) is 4. The van der Waals surface area contributed by atoms with E-state index >= 15 is 0 Å². The van der Waals surface area contributed by atoms with E-state index in [9.17, 15) is 14.4 Å². The Bertz CT molecular complexity index is 662. The molecule has 1 N–H and O–H groups in total. The van der Waals surface area contributed by atoms with E-state index in [1.807, 2.05) is 26.0 Å². The summed E-state index contributed by atoms with van der Waals surface area (Å²) in [5.41, 5.74) is 3.01. The summed E-state index contributed by atoms with van der Waals surface area (Å²) in [6.45, 7) is 5.72. The lowest BCUT2D eigenvalue weighted by atomic mass is 9.93. The molecule has 0 aromatic rings. The number of carbonyl (C=O) groups is 3. The summed E-state index contributed by atoms with van der Waals surface area (Å²) >= 11 is 0. The van der Waals surface area contributed by atoms with Crippen LogP contribution in [0.3, 0.4) is 0 Å². The molecular weight excluding hydrogens is 306 g/mol. The fraction of sp³-hybridized carbons (Fsp3) is 0.500. The molecule has 2 heterocycles. The summed E-state index contributed by atoms with van der Waals surface area (Å²) < 4.78 is 0. The van der Waals surface area contributed by atoms with Crippen molar-refractivity contribution in [3.63, 3.8) is 0 Å². The Kier molecular flexibility index (Phi) is 4.55. The number of piperazine rings is 1. The number of nitrogens with one attached hydrogen (secondary N) is 1. The van der Waals surface area contributed by atoms with Crippen LogP contribution >= 0.6 is 0 Å². The van der Waals surface area contributed by atoms with Crippen molar-refractivity contribution in [3.05, 3.63) is 35.1 Å². The number of fused-ring (bicyclic) bond motifs is 1. The molecule has 0 spiro atoms. The first-order valence-electron chi connectivity index (χ1n) is 8.38. The fourth-order valence-corrected chi connectivity index (χ4v) is 3.63. The SMILES string of the molecule is CC1=C2NCC(C(=O)C(=O)N3CCN(C=O)C[C@H]3C)C2=CCC=C1. The maximum absolute atomic E-state index is 12.8. The molecule has 3 rings (SSSR count). The molecule has 2 saturated heterocycles. The Morgan fingerprint density at radius 1 is 1.33 bits per heavy atom. The summed E-state index contributed by atoms with van der Waals surface area (Å²) in [5, 5.41) is 3.28. The van der Waals surface area contributed by atoms with Gasteiger partial charge >= 0.3 is 0 Å². The van der Waals surface area contributed by atoms with Crippen molar-refractivity contribution >= 4 is 18.1 Å². The number of allylic oxidation sites excluding steroid dienone is 5. The maximum Gasteiger partial charge on any atom is 0.291 e. The molecule has 0 aromatic carbocycles. The predicted molar refractivity (Wildman–Crippen MR) is 89.9 cm³/mol. The molecule has 0 saturated carbocycles. The van der Waals surface area contributed by atoms with Gasteiger partial charge in [0.2, 0.25) is 12.2 Å². The first-order valence-corrected chi connectivity index (χ1v) is 8.38. The molecule has 6 nitrogen and oxygen atoms in total. The van der Waals surface area contributed by atoms with E-state index in [0.29, 0.717) is 26.2 Å². The molecule has 128 valence electrons. The Labute approximate surface area is 141 Å². The van der Waals surface area contributed by atoms with Gasteiger partial charge in [-0.05, 0) is 31.4 Å². The van der Waals surface area contributed by atoms with Crippen molar-refractivity contribution in [2.45, 2.75) is 26.3 Å².